The fourth-order valence-corrected chi connectivity index (χ4v) is 3.06. The van der Waals surface area contributed by atoms with E-state index in [9.17, 15) is 4.79 Å². The lowest BCUT2D eigenvalue weighted by atomic mass is 10.1. The Hall–Kier alpha value is -1.94. The molecule has 0 N–H and O–H groups in total. The van der Waals surface area contributed by atoms with Gasteiger partial charge in [-0.15, -0.1) is 17.0 Å². The molecule has 0 aromatic heterocycles. The van der Waals surface area contributed by atoms with Gasteiger partial charge >= 0.3 is 0 Å². The molecule has 4 heteroatoms. The number of hydrogen-bond donors (Lipinski definition) is 0. The topological polar surface area (TPSA) is 32.7 Å². The van der Waals surface area contributed by atoms with Crippen molar-refractivity contribution in [3.05, 3.63) is 65.2 Å². The summed E-state index contributed by atoms with van der Waals surface area (Å²) in [6.07, 6.45) is 3.21. The normalized spacial score (nSPS) is 13.6. The van der Waals surface area contributed by atoms with Gasteiger partial charge in [-0.3, -0.25) is 9.79 Å². The molecule has 0 fully saturated rings. The number of carbonyl (C=O) groups is 1. The lowest BCUT2D eigenvalue weighted by molar-refractivity contribution is 0.100. The first-order chi connectivity index (χ1) is 11.6. The van der Waals surface area contributed by atoms with Crippen LogP contribution in [0.25, 0.3) is 0 Å². The summed E-state index contributed by atoms with van der Waals surface area (Å²) in [7, 11) is 0. The molecule has 25 heavy (non-hydrogen) atoms. The number of ketones is 1. The monoisotopic (exact) mass is 400 g/mol. The quantitative estimate of drug-likeness (QED) is 0.664. The Bertz CT molecular complexity index is 753. The molecular weight excluding hydrogens is 376 g/mol. The molecule has 1 aliphatic rings. The first-order valence-corrected chi connectivity index (χ1v) is 8.61. The summed E-state index contributed by atoms with van der Waals surface area (Å²) in [5, 5.41) is 0. The lowest BCUT2D eigenvalue weighted by Gasteiger charge is -2.29. The van der Waals surface area contributed by atoms with Crippen LogP contribution in [0.5, 0.6) is 0 Å². The van der Waals surface area contributed by atoms with Crippen LogP contribution < -0.4 is 4.90 Å². The molecule has 0 spiro atoms. The van der Waals surface area contributed by atoms with Crippen LogP contribution in [0.2, 0.25) is 0 Å². The van der Waals surface area contributed by atoms with E-state index in [0.29, 0.717) is 6.54 Å². The Kier molecular flexibility index (Phi) is 6.94. The van der Waals surface area contributed by atoms with Gasteiger partial charge in [0.2, 0.25) is 0 Å². The SMILES string of the molecule is Br.Cc1ccc(C(=O)CN(C2=NCCCC2)c2ccccc2C)cc1. The third-order valence-electron chi connectivity index (χ3n) is 4.50. The van der Waals surface area contributed by atoms with E-state index in [0.717, 1.165) is 42.9 Å². The zero-order valence-corrected chi connectivity index (χ0v) is 16.6. The molecule has 0 aliphatic carbocycles. The smallest absolute Gasteiger partial charge is 0.182 e. The fraction of sp³-hybridized carbons (Fsp3) is 0.333. The van der Waals surface area contributed by atoms with Gasteiger partial charge in [-0.2, -0.15) is 0 Å². The van der Waals surface area contributed by atoms with Crippen LogP contribution in [0.3, 0.4) is 0 Å². The molecule has 0 amide bonds. The molecule has 1 heterocycles. The fourth-order valence-electron chi connectivity index (χ4n) is 3.06. The number of benzene rings is 2. The van der Waals surface area contributed by atoms with E-state index in [1.807, 2.05) is 43.3 Å². The molecule has 2 aromatic rings. The third-order valence-corrected chi connectivity index (χ3v) is 4.50. The molecule has 1 aliphatic heterocycles. The number of carbonyl (C=O) groups excluding carboxylic acids is 1. The summed E-state index contributed by atoms with van der Waals surface area (Å²) in [5.41, 5.74) is 4.18. The van der Waals surface area contributed by atoms with Crippen LogP contribution in [0.4, 0.5) is 5.69 Å². The van der Waals surface area contributed by atoms with Crippen LogP contribution in [0, 0.1) is 13.8 Å². The van der Waals surface area contributed by atoms with E-state index < -0.39 is 0 Å². The van der Waals surface area contributed by atoms with Crippen LogP contribution in [-0.2, 0) is 0 Å². The number of nitrogens with zero attached hydrogens (tertiary/aromatic N) is 2. The van der Waals surface area contributed by atoms with Crippen LogP contribution >= 0.6 is 17.0 Å². The molecule has 3 nitrogen and oxygen atoms in total. The van der Waals surface area contributed by atoms with E-state index in [1.165, 1.54) is 11.1 Å². The number of Topliss-reactive ketones (excluding diaryl/α,β-unsaturated/α-hetero) is 1. The lowest BCUT2D eigenvalue weighted by Crippen LogP contribution is -2.37. The molecule has 2 aromatic carbocycles. The summed E-state index contributed by atoms with van der Waals surface area (Å²) < 4.78 is 0. The number of rotatable bonds is 4. The van der Waals surface area contributed by atoms with E-state index in [1.54, 1.807) is 0 Å². The molecule has 0 saturated heterocycles. The summed E-state index contributed by atoms with van der Waals surface area (Å²) >= 11 is 0. The summed E-state index contributed by atoms with van der Waals surface area (Å²) in [6.45, 7) is 5.32. The average Bonchev–Trinajstić information content (AvgIpc) is 2.61. The van der Waals surface area contributed by atoms with Crippen LogP contribution in [-0.4, -0.2) is 24.7 Å². The van der Waals surface area contributed by atoms with Crippen LogP contribution in [0.15, 0.2) is 53.5 Å². The minimum Gasteiger partial charge on any atom is -0.322 e. The Labute approximate surface area is 160 Å². The van der Waals surface area contributed by atoms with Crippen molar-refractivity contribution in [1.82, 2.24) is 0 Å². The molecule has 3 rings (SSSR count). The molecule has 132 valence electrons. The Balaban J connectivity index is 0.00000225. The second-order valence-corrected chi connectivity index (χ2v) is 6.42. The van der Waals surface area contributed by atoms with Gasteiger partial charge in [-0.25, -0.2) is 0 Å². The third kappa shape index (κ3) is 4.79. The number of para-hydroxylation sites is 1. The maximum atomic E-state index is 12.8. The average molecular weight is 401 g/mol. The van der Waals surface area contributed by atoms with Crippen molar-refractivity contribution in [1.29, 1.82) is 0 Å². The number of aliphatic imine (C=N–C) groups is 1. The zero-order chi connectivity index (χ0) is 16.9. The largest absolute Gasteiger partial charge is 0.322 e. The van der Waals surface area contributed by atoms with E-state index >= 15 is 0 Å². The van der Waals surface area contributed by atoms with E-state index in [2.05, 4.69) is 24.0 Å². The Morgan fingerprint density at radius 1 is 1.04 bits per heavy atom. The van der Waals surface area contributed by atoms with E-state index in [-0.39, 0.29) is 22.8 Å². The van der Waals surface area contributed by atoms with Crippen molar-refractivity contribution in [3.63, 3.8) is 0 Å². The van der Waals surface area contributed by atoms with E-state index in [4.69, 9.17) is 4.99 Å². The van der Waals surface area contributed by atoms with Gasteiger partial charge in [0.25, 0.3) is 0 Å². The second-order valence-electron chi connectivity index (χ2n) is 6.42. The minimum absolute atomic E-state index is 0. The van der Waals surface area contributed by atoms with Gasteiger partial charge in [-0.1, -0.05) is 48.0 Å². The van der Waals surface area contributed by atoms with Gasteiger partial charge < -0.3 is 4.90 Å². The van der Waals surface area contributed by atoms with Gasteiger partial charge in [0, 0.05) is 24.2 Å². The number of anilines is 1. The Morgan fingerprint density at radius 2 is 1.76 bits per heavy atom. The van der Waals surface area contributed by atoms with Crippen molar-refractivity contribution in [2.75, 3.05) is 18.0 Å². The number of hydrogen-bond acceptors (Lipinski definition) is 3. The molecule has 0 atom stereocenters. The predicted molar refractivity (Wildman–Crippen MR) is 111 cm³/mol. The van der Waals surface area contributed by atoms with Crippen LogP contribution in [0.1, 0.15) is 40.7 Å². The zero-order valence-electron chi connectivity index (χ0n) is 14.9. The van der Waals surface area contributed by atoms with Gasteiger partial charge in [0.15, 0.2) is 5.78 Å². The summed E-state index contributed by atoms with van der Waals surface area (Å²) in [5.74, 6) is 1.17. The number of amidine groups is 1. The first kappa shape index (κ1) is 19.4. The van der Waals surface area contributed by atoms with Crippen molar-refractivity contribution < 1.29 is 4.79 Å². The van der Waals surface area contributed by atoms with Crippen molar-refractivity contribution in [3.8, 4) is 0 Å². The highest BCUT2D eigenvalue weighted by Crippen LogP contribution is 2.23. The maximum absolute atomic E-state index is 12.8. The highest BCUT2D eigenvalue weighted by Gasteiger charge is 2.20. The number of halogens is 1. The van der Waals surface area contributed by atoms with Crippen molar-refractivity contribution in [2.24, 2.45) is 4.99 Å². The minimum atomic E-state index is 0. The molecular formula is C21H25BrN2O. The maximum Gasteiger partial charge on any atom is 0.182 e. The predicted octanol–water partition coefficient (Wildman–Crippen LogP) is 5.15. The summed E-state index contributed by atoms with van der Waals surface area (Å²) in [4.78, 5) is 19.6. The standard InChI is InChI=1S/C21H24N2O.BrH/c1-16-10-12-18(13-11-16)20(24)15-23(21-9-5-6-14-22-21)19-8-4-3-7-17(19)2;/h3-4,7-8,10-13H,5-6,9,14-15H2,1-2H3;1H. The highest BCUT2D eigenvalue weighted by atomic mass is 79.9. The van der Waals surface area contributed by atoms with Gasteiger partial charge in [0.05, 0.1) is 6.54 Å². The highest BCUT2D eigenvalue weighted by molar-refractivity contribution is 8.93. The Morgan fingerprint density at radius 3 is 2.40 bits per heavy atom. The van der Waals surface area contributed by atoms with Gasteiger partial charge in [0.1, 0.15) is 5.84 Å². The molecule has 0 bridgehead atoms. The summed E-state index contributed by atoms with van der Waals surface area (Å²) in [6, 6.07) is 16.0. The second kappa shape index (κ2) is 8.95. The first-order valence-electron chi connectivity index (χ1n) is 8.61. The van der Waals surface area contributed by atoms with Gasteiger partial charge in [-0.05, 0) is 38.3 Å². The van der Waals surface area contributed by atoms with Crippen molar-refractivity contribution >= 4 is 34.3 Å². The van der Waals surface area contributed by atoms with Crippen molar-refractivity contribution in [2.45, 2.75) is 33.1 Å². The molecule has 0 saturated carbocycles. The molecule has 0 radical (unpaired) electrons. The molecule has 0 unspecified atom stereocenters. The number of aryl methyl sites for hydroxylation is 2.